The second-order valence-corrected chi connectivity index (χ2v) is 5.25. The minimum absolute atomic E-state index is 0.426. The lowest BCUT2D eigenvalue weighted by molar-refractivity contribution is 0.561. The van der Waals surface area contributed by atoms with Crippen LogP contribution in [0.15, 0.2) is 5.38 Å². The molecule has 1 saturated carbocycles. The third kappa shape index (κ3) is 1.71. The van der Waals surface area contributed by atoms with Gasteiger partial charge in [0.25, 0.3) is 0 Å². The highest BCUT2D eigenvalue weighted by atomic mass is 32.1. The van der Waals surface area contributed by atoms with Gasteiger partial charge in [-0.3, -0.25) is 0 Å². The predicted octanol–water partition coefficient (Wildman–Crippen LogP) is 2.87. The molecule has 1 atom stereocenters. The lowest BCUT2D eigenvalue weighted by atomic mass is 10.1. The zero-order valence-electron chi connectivity index (χ0n) is 9.13. The van der Waals surface area contributed by atoms with Crippen LogP contribution in [-0.2, 0) is 5.41 Å². The van der Waals surface area contributed by atoms with Crippen LogP contribution in [0.3, 0.4) is 0 Å². The first-order valence-corrected chi connectivity index (χ1v) is 6.21. The summed E-state index contributed by atoms with van der Waals surface area (Å²) in [6.45, 7) is 4.51. The summed E-state index contributed by atoms with van der Waals surface area (Å²) in [5.41, 5.74) is 1.65. The Bertz CT molecular complexity index is 311. The molecule has 1 fully saturated rings. The molecule has 0 amide bonds. The molecular weight excluding hydrogens is 192 g/mol. The van der Waals surface area contributed by atoms with E-state index in [2.05, 4.69) is 24.5 Å². The van der Waals surface area contributed by atoms with E-state index in [0.717, 1.165) is 6.42 Å². The summed E-state index contributed by atoms with van der Waals surface area (Å²) < 4.78 is 0. The molecule has 2 nitrogen and oxygen atoms in total. The summed E-state index contributed by atoms with van der Waals surface area (Å²) in [4.78, 5) is 4.74. The first-order valence-electron chi connectivity index (χ1n) is 5.33. The van der Waals surface area contributed by atoms with Gasteiger partial charge in [-0.05, 0) is 26.3 Å². The van der Waals surface area contributed by atoms with Crippen LogP contribution in [0.25, 0.3) is 0 Å². The molecule has 1 unspecified atom stereocenters. The largest absolute Gasteiger partial charge is 0.312 e. The molecule has 0 aliphatic heterocycles. The van der Waals surface area contributed by atoms with Crippen molar-refractivity contribution in [1.82, 2.24) is 10.3 Å². The van der Waals surface area contributed by atoms with Gasteiger partial charge < -0.3 is 5.32 Å². The van der Waals surface area contributed by atoms with Crippen molar-refractivity contribution in [3.8, 4) is 0 Å². The van der Waals surface area contributed by atoms with Crippen LogP contribution in [0, 0.1) is 0 Å². The normalized spacial score (nSPS) is 20.8. The molecular formula is C11H18N2S. The van der Waals surface area contributed by atoms with Crippen molar-refractivity contribution in [3.63, 3.8) is 0 Å². The van der Waals surface area contributed by atoms with Crippen LogP contribution < -0.4 is 5.32 Å². The molecule has 0 radical (unpaired) electrons. The molecule has 0 bridgehead atoms. The number of nitrogens with one attached hydrogen (secondary N) is 1. The fourth-order valence-corrected chi connectivity index (χ4v) is 2.78. The number of thiazole rings is 1. The van der Waals surface area contributed by atoms with Crippen molar-refractivity contribution in [2.45, 2.75) is 44.6 Å². The summed E-state index contributed by atoms with van der Waals surface area (Å²) in [6.07, 6.45) is 3.74. The number of hydrogen-bond acceptors (Lipinski definition) is 3. The summed E-state index contributed by atoms with van der Waals surface area (Å²) in [5.74, 6) is 0. The Balaban J connectivity index is 2.16. The molecule has 1 N–H and O–H groups in total. The maximum absolute atomic E-state index is 4.74. The Morgan fingerprint density at radius 3 is 2.86 bits per heavy atom. The van der Waals surface area contributed by atoms with Crippen molar-refractivity contribution >= 4 is 11.3 Å². The van der Waals surface area contributed by atoms with Gasteiger partial charge in [0.15, 0.2) is 0 Å². The Morgan fingerprint density at radius 2 is 2.36 bits per heavy atom. The van der Waals surface area contributed by atoms with Crippen molar-refractivity contribution in [1.29, 1.82) is 0 Å². The van der Waals surface area contributed by atoms with Crippen molar-refractivity contribution < 1.29 is 0 Å². The minimum atomic E-state index is 0.426. The number of hydrogen-bond donors (Lipinski definition) is 1. The zero-order chi connectivity index (χ0) is 10.2. The number of aromatic nitrogens is 1. The third-order valence-corrected chi connectivity index (χ3v) is 4.32. The molecule has 0 spiro atoms. The Labute approximate surface area is 89.8 Å². The van der Waals surface area contributed by atoms with Crippen LogP contribution in [-0.4, -0.2) is 12.0 Å². The van der Waals surface area contributed by atoms with Crippen LogP contribution in [0.2, 0.25) is 0 Å². The third-order valence-electron chi connectivity index (χ3n) is 3.15. The minimum Gasteiger partial charge on any atom is -0.312 e. The van der Waals surface area contributed by atoms with Gasteiger partial charge in [0.2, 0.25) is 0 Å². The Kier molecular flexibility index (Phi) is 2.62. The molecule has 14 heavy (non-hydrogen) atoms. The van der Waals surface area contributed by atoms with Gasteiger partial charge >= 0.3 is 0 Å². The second kappa shape index (κ2) is 3.63. The highest BCUT2D eigenvalue weighted by molar-refractivity contribution is 7.09. The smallest absolute Gasteiger partial charge is 0.0988 e. The number of rotatable bonds is 4. The average molecular weight is 210 g/mol. The molecule has 78 valence electrons. The quantitative estimate of drug-likeness (QED) is 0.826. The van der Waals surface area contributed by atoms with Gasteiger partial charge in [0.1, 0.15) is 0 Å². The molecule has 3 heteroatoms. The summed E-state index contributed by atoms with van der Waals surface area (Å²) in [7, 11) is 2.01. The first kappa shape index (κ1) is 10.1. The average Bonchev–Trinajstić information content (AvgIpc) is 2.76. The van der Waals surface area contributed by atoms with Gasteiger partial charge in [-0.1, -0.05) is 13.8 Å². The SMILES string of the molecule is CCC(NC)c1csc(C2(C)CC2)n1. The van der Waals surface area contributed by atoms with E-state index in [9.17, 15) is 0 Å². The standard InChI is InChI=1S/C11H18N2S/c1-4-8(12-3)9-7-14-10(13-9)11(2)5-6-11/h7-8,12H,4-6H2,1-3H3. The highest BCUT2D eigenvalue weighted by Crippen LogP contribution is 2.48. The summed E-state index contributed by atoms with van der Waals surface area (Å²) in [6, 6.07) is 0.433. The molecule has 1 aromatic heterocycles. The summed E-state index contributed by atoms with van der Waals surface area (Å²) >= 11 is 1.83. The van der Waals surface area contributed by atoms with Crippen molar-refractivity contribution in [3.05, 3.63) is 16.1 Å². The molecule has 0 saturated heterocycles. The van der Waals surface area contributed by atoms with E-state index >= 15 is 0 Å². The molecule has 1 aliphatic rings. The second-order valence-electron chi connectivity index (χ2n) is 4.39. The van der Waals surface area contributed by atoms with Crippen LogP contribution in [0.1, 0.15) is 49.9 Å². The van der Waals surface area contributed by atoms with E-state index in [4.69, 9.17) is 4.98 Å². The van der Waals surface area contributed by atoms with Crippen LogP contribution in [0.5, 0.6) is 0 Å². The first-order chi connectivity index (χ1) is 6.69. The molecule has 1 aliphatic carbocycles. The van der Waals surface area contributed by atoms with E-state index in [-0.39, 0.29) is 0 Å². The van der Waals surface area contributed by atoms with E-state index in [1.165, 1.54) is 23.5 Å². The van der Waals surface area contributed by atoms with Crippen LogP contribution >= 0.6 is 11.3 Å². The highest BCUT2D eigenvalue weighted by Gasteiger charge is 2.41. The Morgan fingerprint density at radius 1 is 1.64 bits per heavy atom. The van der Waals surface area contributed by atoms with E-state index in [1.54, 1.807) is 0 Å². The molecule has 2 rings (SSSR count). The fraction of sp³-hybridized carbons (Fsp3) is 0.727. The summed E-state index contributed by atoms with van der Waals surface area (Å²) in [5, 5.41) is 6.84. The number of nitrogens with zero attached hydrogens (tertiary/aromatic N) is 1. The molecule has 1 heterocycles. The molecule has 0 aromatic carbocycles. The Hall–Kier alpha value is -0.410. The maximum atomic E-state index is 4.74. The van der Waals surface area contributed by atoms with Gasteiger partial charge in [0.05, 0.1) is 10.7 Å². The molecule has 1 aromatic rings. The van der Waals surface area contributed by atoms with Gasteiger partial charge in [-0.2, -0.15) is 0 Å². The zero-order valence-corrected chi connectivity index (χ0v) is 9.95. The monoisotopic (exact) mass is 210 g/mol. The van der Waals surface area contributed by atoms with E-state index < -0.39 is 0 Å². The van der Waals surface area contributed by atoms with Crippen molar-refractivity contribution in [2.24, 2.45) is 0 Å². The van der Waals surface area contributed by atoms with E-state index in [0.29, 0.717) is 11.5 Å². The van der Waals surface area contributed by atoms with Crippen molar-refractivity contribution in [2.75, 3.05) is 7.05 Å². The van der Waals surface area contributed by atoms with Gasteiger partial charge in [-0.15, -0.1) is 11.3 Å². The van der Waals surface area contributed by atoms with E-state index in [1.807, 2.05) is 18.4 Å². The lowest BCUT2D eigenvalue weighted by Gasteiger charge is -2.10. The van der Waals surface area contributed by atoms with Gasteiger partial charge in [0, 0.05) is 16.8 Å². The topological polar surface area (TPSA) is 24.9 Å². The maximum Gasteiger partial charge on any atom is 0.0988 e. The fourth-order valence-electron chi connectivity index (χ4n) is 1.69. The lowest BCUT2D eigenvalue weighted by Crippen LogP contribution is -2.15. The van der Waals surface area contributed by atoms with Crippen LogP contribution in [0.4, 0.5) is 0 Å². The van der Waals surface area contributed by atoms with Gasteiger partial charge in [-0.25, -0.2) is 4.98 Å². The predicted molar refractivity (Wildman–Crippen MR) is 60.8 cm³/mol.